The first-order valence-electron chi connectivity index (χ1n) is 6.70. The summed E-state index contributed by atoms with van der Waals surface area (Å²) >= 11 is 0. The summed E-state index contributed by atoms with van der Waals surface area (Å²) in [6.45, 7) is 8.99. The van der Waals surface area contributed by atoms with Crippen LogP contribution in [0.2, 0.25) is 0 Å². The van der Waals surface area contributed by atoms with Gasteiger partial charge in [0, 0.05) is 12.1 Å². The van der Waals surface area contributed by atoms with Crippen molar-refractivity contribution in [3.8, 4) is 0 Å². The second-order valence-corrected chi connectivity index (χ2v) is 5.88. The van der Waals surface area contributed by atoms with E-state index in [1.165, 1.54) is 11.1 Å². The molecule has 5 heteroatoms. The van der Waals surface area contributed by atoms with Crippen molar-refractivity contribution in [2.75, 3.05) is 10.6 Å². The molecule has 0 saturated carbocycles. The summed E-state index contributed by atoms with van der Waals surface area (Å²) in [7, 11) is 0. The number of rotatable bonds is 4. The topological polar surface area (TPSA) is 62.7 Å². The maximum atomic E-state index is 4.39. The lowest BCUT2D eigenvalue weighted by atomic mass is 10.1. The van der Waals surface area contributed by atoms with Gasteiger partial charge in [-0.1, -0.05) is 29.8 Å². The average molecular weight is 271 g/mol. The largest absolute Gasteiger partial charge is 0.364 e. The molecular formula is C15H21N5. The Labute approximate surface area is 119 Å². The Morgan fingerprint density at radius 2 is 1.80 bits per heavy atom. The van der Waals surface area contributed by atoms with Gasteiger partial charge in [-0.05, 0) is 33.3 Å². The number of hydrogen-bond acceptors (Lipinski definition) is 5. The predicted molar refractivity (Wildman–Crippen MR) is 81.7 cm³/mol. The van der Waals surface area contributed by atoms with Crippen molar-refractivity contribution < 1.29 is 0 Å². The molecule has 0 saturated heterocycles. The molecule has 2 N–H and O–H groups in total. The molecule has 0 aliphatic heterocycles. The van der Waals surface area contributed by atoms with E-state index in [-0.39, 0.29) is 5.54 Å². The maximum Gasteiger partial charge on any atom is 0.244 e. The van der Waals surface area contributed by atoms with Crippen LogP contribution in [0.15, 0.2) is 30.5 Å². The first-order valence-corrected chi connectivity index (χ1v) is 6.70. The molecule has 106 valence electrons. The zero-order valence-electron chi connectivity index (χ0n) is 12.4. The van der Waals surface area contributed by atoms with Crippen molar-refractivity contribution in [3.05, 3.63) is 41.6 Å². The molecule has 2 rings (SSSR count). The molecule has 0 bridgehead atoms. The van der Waals surface area contributed by atoms with E-state index in [1.807, 2.05) is 0 Å². The third-order valence-corrected chi connectivity index (χ3v) is 2.63. The number of anilines is 2. The number of benzene rings is 1. The molecule has 0 spiro atoms. The fourth-order valence-corrected chi connectivity index (χ4v) is 1.71. The van der Waals surface area contributed by atoms with Gasteiger partial charge in [-0.2, -0.15) is 10.1 Å². The fourth-order valence-electron chi connectivity index (χ4n) is 1.71. The first-order chi connectivity index (χ1) is 9.42. The smallest absolute Gasteiger partial charge is 0.244 e. The van der Waals surface area contributed by atoms with Crippen LogP contribution in [0.25, 0.3) is 0 Å². The van der Waals surface area contributed by atoms with Crippen molar-refractivity contribution in [1.29, 1.82) is 0 Å². The lowest BCUT2D eigenvalue weighted by molar-refractivity contribution is 0.629. The van der Waals surface area contributed by atoms with E-state index in [0.29, 0.717) is 12.5 Å². The Balaban J connectivity index is 1.99. The summed E-state index contributed by atoms with van der Waals surface area (Å²) in [5.74, 6) is 1.25. The SMILES string of the molecule is Cc1ccc(CNc2nncc(NC(C)(C)C)n2)cc1. The van der Waals surface area contributed by atoms with Crippen LogP contribution in [0.4, 0.5) is 11.8 Å². The molecular weight excluding hydrogens is 250 g/mol. The van der Waals surface area contributed by atoms with Gasteiger partial charge < -0.3 is 10.6 Å². The van der Waals surface area contributed by atoms with Gasteiger partial charge in [-0.25, -0.2) is 0 Å². The van der Waals surface area contributed by atoms with Gasteiger partial charge in [-0.3, -0.25) is 0 Å². The van der Waals surface area contributed by atoms with E-state index < -0.39 is 0 Å². The maximum absolute atomic E-state index is 4.39. The Bertz CT molecular complexity index is 557. The molecule has 0 unspecified atom stereocenters. The highest BCUT2D eigenvalue weighted by atomic mass is 15.3. The molecule has 0 atom stereocenters. The zero-order chi connectivity index (χ0) is 14.6. The second-order valence-electron chi connectivity index (χ2n) is 5.88. The van der Waals surface area contributed by atoms with Crippen LogP contribution in [-0.4, -0.2) is 20.7 Å². The van der Waals surface area contributed by atoms with Crippen molar-refractivity contribution in [3.63, 3.8) is 0 Å². The molecule has 0 fully saturated rings. The van der Waals surface area contributed by atoms with Crippen molar-refractivity contribution in [1.82, 2.24) is 15.2 Å². The van der Waals surface area contributed by atoms with Crippen LogP contribution < -0.4 is 10.6 Å². The third-order valence-electron chi connectivity index (χ3n) is 2.63. The minimum Gasteiger partial charge on any atom is -0.364 e. The van der Waals surface area contributed by atoms with Gasteiger partial charge in [0.1, 0.15) is 0 Å². The number of nitrogens with zero attached hydrogens (tertiary/aromatic N) is 3. The average Bonchev–Trinajstić information content (AvgIpc) is 2.36. The standard InChI is InChI=1S/C15H21N5/c1-11-5-7-12(8-6-11)9-16-14-18-13(10-17-20-14)19-15(2,3)4/h5-8,10H,9H2,1-4H3,(H2,16,18,19,20). The zero-order valence-corrected chi connectivity index (χ0v) is 12.4. The highest BCUT2D eigenvalue weighted by Gasteiger charge is 2.11. The van der Waals surface area contributed by atoms with Gasteiger partial charge >= 0.3 is 0 Å². The van der Waals surface area contributed by atoms with Gasteiger partial charge in [0.2, 0.25) is 5.95 Å². The monoisotopic (exact) mass is 271 g/mol. The first kappa shape index (κ1) is 14.2. The summed E-state index contributed by atoms with van der Waals surface area (Å²) < 4.78 is 0. The number of aryl methyl sites for hydroxylation is 1. The van der Waals surface area contributed by atoms with E-state index in [4.69, 9.17) is 0 Å². The molecule has 1 aromatic carbocycles. The van der Waals surface area contributed by atoms with Crippen LogP contribution in [0.1, 0.15) is 31.9 Å². The van der Waals surface area contributed by atoms with Crippen LogP contribution >= 0.6 is 0 Å². The predicted octanol–water partition coefficient (Wildman–Crippen LogP) is 3.00. The van der Waals surface area contributed by atoms with Gasteiger partial charge in [0.15, 0.2) is 5.82 Å². The Morgan fingerprint density at radius 1 is 1.10 bits per heavy atom. The quantitative estimate of drug-likeness (QED) is 0.895. The second kappa shape index (κ2) is 5.86. The third kappa shape index (κ3) is 4.50. The number of aromatic nitrogens is 3. The van der Waals surface area contributed by atoms with Crippen LogP contribution in [0.5, 0.6) is 0 Å². The fraction of sp³-hybridized carbons (Fsp3) is 0.400. The molecule has 0 aliphatic rings. The lowest BCUT2D eigenvalue weighted by Crippen LogP contribution is -2.27. The summed E-state index contributed by atoms with van der Waals surface area (Å²) in [6.07, 6.45) is 1.63. The molecule has 5 nitrogen and oxygen atoms in total. The molecule has 0 radical (unpaired) electrons. The van der Waals surface area contributed by atoms with Crippen LogP contribution in [-0.2, 0) is 6.54 Å². The summed E-state index contributed by atoms with van der Waals surface area (Å²) in [4.78, 5) is 4.39. The van der Waals surface area contributed by atoms with E-state index in [0.717, 1.165) is 5.82 Å². The van der Waals surface area contributed by atoms with Gasteiger partial charge in [-0.15, -0.1) is 5.10 Å². The highest BCUT2D eigenvalue weighted by molar-refractivity contribution is 5.39. The van der Waals surface area contributed by atoms with Crippen molar-refractivity contribution in [2.45, 2.75) is 39.8 Å². The molecule has 0 amide bonds. The minimum absolute atomic E-state index is 0.0513. The molecule has 2 aromatic rings. The summed E-state index contributed by atoms with van der Waals surface area (Å²) in [6, 6.07) is 8.36. The molecule has 1 aromatic heterocycles. The number of nitrogens with one attached hydrogen (secondary N) is 2. The van der Waals surface area contributed by atoms with Crippen LogP contribution in [0.3, 0.4) is 0 Å². The van der Waals surface area contributed by atoms with E-state index in [9.17, 15) is 0 Å². The Morgan fingerprint density at radius 3 is 2.45 bits per heavy atom. The Hall–Kier alpha value is -2.17. The molecule has 20 heavy (non-hydrogen) atoms. The lowest BCUT2D eigenvalue weighted by Gasteiger charge is -2.20. The summed E-state index contributed by atoms with van der Waals surface area (Å²) in [5, 5.41) is 14.4. The van der Waals surface area contributed by atoms with E-state index >= 15 is 0 Å². The van der Waals surface area contributed by atoms with Gasteiger partial charge in [0.05, 0.1) is 6.20 Å². The Kier molecular flexibility index (Phi) is 4.17. The van der Waals surface area contributed by atoms with E-state index in [1.54, 1.807) is 6.20 Å². The van der Waals surface area contributed by atoms with Crippen LogP contribution in [0, 0.1) is 6.92 Å². The van der Waals surface area contributed by atoms with Crippen molar-refractivity contribution >= 4 is 11.8 Å². The minimum atomic E-state index is -0.0513. The van der Waals surface area contributed by atoms with E-state index in [2.05, 4.69) is 77.8 Å². The highest BCUT2D eigenvalue weighted by Crippen LogP contribution is 2.12. The van der Waals surface area contributed by atoms with Crippen molar-refractivity contribution in [2.24, 2.45) is 0 Å². The normalized spacial score (nSPS) is 11.2. The van der Waals surface area contributed by atoms with Gasteiger partial charge in [0.25, 0.3) is 0 Å². The molecule has 0 aliphatic carbocycles. The number of hydrogen-bond donors (Lipinski definition) is 2. The summed E-state index contributed by atoms with van der Waals surface area (Å²) in [5.41, 5.74) is 2.39. The molecule has 1 heterocycles.